The number of hydrogen-bond acceptors (Lipinski definition) is 2. The first-order valence-electron chi connectivity index (χ1n) is 4.15. The highest BCUT2D eigenvalue weighted by atomic mass is 15.2. The lowest BCUT2D eigenvalue weighted by molar-refractivity contribution is 0.779. The molecule has 0 bridgehead atoms. The molecule has 0 unspecified atom stereocenters. The van der Waals surface area contributed by atoms with Gasteiger partial charge >= 0.3 is 0 Å². The fourth-order valence-corrected chi connectivity index (χ4v) is 0.917. The maximum Gasteiger partial charge on any atom is 0.153 e. The number of rotatable bonds is 3. The Labute approximate surface area is 67.2 Å². The van der Waals surface area contributed by atoms with E-state index in [9.17, 15) is 0 Å². The molecule has 0 aliphatic rings. The van der Waals surface area contributed by atoms with Crippen LogP contribution in [0.5, 0.6) is 0 Å². The third-order valence-corrected chi connectivity index (χ3v) is 1.55. The molecule has 0 saturated heterocycles. The first-order valence-corrected chi connectivity index (χ1v) is 4.15. The summed E-state index contributed by atoms with van der Waals surface area (Å²) < 4.78 is 0. The lowest BCUT2D eigenvalue weighted by Crippen LogP contribution is -1.90. The highest BCUT2D eigenvalue weighted by molar-refractivity contribution is 4.94. The van der Waals surface area contributed by atoms with Crippen LogP contribution in [0.25, 0.3) is 0 Å². The summed E-state index contributed by atoms with van der Waals surface area (Å²) in [6.07, 6.45) is 2.12. The SMILES string of the molecule is CCCc1nc(C(C)C)n[nH]1. The molecular formula is C8H15N3. The van der Waals surface area contributed by atoms with Crippen LogP contribution < -0.4 is 0 Å². The summed E-state index contributed by atoms with van der Waals surface area (Å²) in [7, 11) is 0. The van der Waals surface area contributed by atoms with Gasteiger partial charge in [0.1, 0.15) is 5.82 Å². The number of nitrogens with one attached hydrogen (secondary N) is 1. The molecule has 1 aromatic rings. The van der Waals surface area contributed by atoms with Gasteiger partial charge in [0, 0.05) is 12.3 Å². The Balaban J connectivity index is 2.66. The third kappa shape index (κ3) is 2.03. The van der Waals surface area contributed by atoms with Crippen molar-refractivity contribution < 1.29 is 0 Å². The van der Waals surface area contributed by atoms with E-state index in [0.717, 1.165) is 24.5 Å². The normalized spacial score (nSPS) is 10.9. The number of H-pyrrole nitrogens is 1. The van der Waals surface area contributed by atoms with Gasteiger partial charge < -0.3 is 0 Å². The van der Waals surface area contributed by atoms with Crippen LogP contribution in [0, 0.1) is 0 Å². The minimum atomic E-state index is 0.428. The molecule has 1 aromatic heterocycles. The van der Waals surface area contributed by atoms with Crippen LogP contribution in [0.2, 0.25) is 0 Å². The summed E-state index contributed by atoms with van der Waals surface area (Å²) in [5, 5.41) is 7.03. The Morgan fingerprint density at radius 3 is 2.64 bits per heavy atom. The molecule has 0 radical (unpaired) electrons. The van der Waals surface area contributed by atoms with Crippen molar-refractivity contribution in [3.63, 3.8) is 0 Å². The summed E-state index contributed by atoms with van der Waals surface area (Å²) in [5.74, 6) is 2.36. The Morgan fingerprint density at radius 2 is 2.18 bits per heavy atom. The van der Waals surface area contributed by atoms with Crippen molar-refractivity contribution in [2.24, 2.45) is 0 Å². The molecule has 0 saturated carbocycles. The van der Waals surface area contributed by atoms with E-state index in [4.69, 9.17) is 0 Å². The van der Waals surface area contributed by atoms with Crippen molar-refractivity contribution in [1.82, 2.24) is 15.2 Å². The van der Waals surface area contributed by atoms with Gasteiger partial charge in [0.25, 0.3) is 0 Å². The van der Waals surface area contributed by atoms with Gasteiger partial charge in [-0.25, -0.2) is 4.98 Å². The molecule has 0 atom stereocenters. The van der Waals surface area contributed by atoms with Gasteiger partial charge in [-0.15, -0.1) is 0 Å². The Kier molecular flexibility index (Phi) is 2.63. The van der Waals surface area contributed by atoms with Gasteiger partial charge in [-0.1, -0.05) is 20.8 Å². The van der Waals surface area contributed by atoms with Gasteiger partial charge in [0.15, 0.2) is 5.82 Å². The lowest BCUT2D eigenvalue weighted by atomic mass is 10.2. The third-order valence-electron chi connectivity index (χ3n) is 1.55. The van der Waals surface area contributed by atoms with E-state index < -0.39 is 0 Å². The molecule has 1 N–H and O–H groups in total. The molecule has 11 heavy (non-hydrogen) atoms. The minimum Gasteiger partial charge on any atom is -0.263 e. The van der Waals surface area contributed by atoms with Crippen LogP contribution in [-0.4, -0.2) is 15.2 Å². The van der Waals surface area contributed by atoms with Crippen molar-refractivity contribution in [2.45, 2.75) is 39.5 Å². The summed E-state index contributed by atoms with van der Waals surface area (Å²) in [6.45, 7) is 6.33. The molecule has 0 aromatic carbocycles. The summed E-state index contributed by atoms with van der Waals surface area (Å²) in [4.78, 5) is 4.33. The van der Waals surface area contributed by atoms with E-state index in [-0.39, 0.29) is 0 Å². The van der Waals surface area contributed by atoms with E-state index in [1.807, 2.05) is 0 Å². The molecule has 3 heteroatoms. The van der Waals surface area contributed by atoms with Crippen molar-refractivity contribution in [3.8, 4) is 0 Å². The quantitative estimate of drug-likeness (QED) is 0.720. The van der Waals surface area contributed by atoms with E-state index in [1.165, 1.54) is 0 Å². The van der Waals surface area contributed by atoms with Crippen LogP contribution >= 0.6 is 0 Å². The zero-order valence-electron chi connectivity index (χ0n) is 7.39. The molecule has 62 valence electrons. The first-order chi connectivity index (χ1) is 5.24. The van der Waals surface area contributed by atoms with E-state index >= 15 is 0 Å². The van der Waals surface area contributed by atoms with Gasteiger partial charge in [-0.05, 0) is 6.42 Å². The van der Waals surface area contributed by atoms with Crippen molar-refractivity contribution in [2.75, 3.05) is 0 Å². The van der Waals surface area contributed by atoms with Crippen LogP contribution in [0.1, 0.15) is 44.8 Å². The Bertz CT molecular complexity index is 215. The molecule has 1 rings (SSSR count). The number of aryl methyl sites for hydroxylation is 1. The first kappa shape index (κ1) is 8.24. The highest BCUT2D eigenvalue weighted by Gasteiger charge is 2.04. The zero-order chi connectivity index (χ0) is 8.27. The van der Waals surface area contributed by atoms with E-state index in [1.54, 1.807) is 0 Å². The van der Waals surface area contributed by atoms with E-state index in [2.05, 4.69) is 36.0 Å². The Morgan fingerprint density at radius 1 is 1.45 bits per heavy atom. The molecule has 0 fully saturated rings. The van der Waals surface area contributed by atoms with Crippen molar-refractivity contribution in [1.29, 1.82) is 0 Å². The van der Waals surface area contributed by atoms with Gasteiger partial charge in [0.05, 0.1) is 0 Å². The predicted molar refractivity (Wildman–Crippen MR) is 44.5 cm³/mol. The lowest BCUT2D eigenvalue weighted by Gasteiger charge is -1.93. The van der Waals surface area contributed by atoms with Crippen LogP contribution in [-0.2, 0) is 6.42 Å². The standard InChI is InChI=1S/C8H15N3/c1-4-5-7-9-8(6(2)3)11-10-7/h6H,4-5H2,1-3H3,(H,9,10,11). The van der Waals surface area contributed by atoms with Gasteiger partial charge in [-0.2, -0.15) is 5.10 Å². The van der Waals surface area contributed by atoms with Gasteiger partial charge in [0.2, 0.25) is 0 Å². The molecule has 1 heterocycles. The predicted octanol–water partition coefficient (Wildman–Crippen LogP) is 1.88. The van der Waals surface area contributed by atoms with E-state index in [0.29, 0.717) is 5.92 Å². The fourth-order valence-electron chi connectivity index (χ4n) is 0.917. The van der Waals surface area contributed by atoms with Gasteiger partial charge in [-0.3, -0.25) is 5.10 Å². The van der Waals surface area contributed by atoms with Crippen LogP contribution in [0.3, 0.4) is 0 Å². The fraction of sp³-hybridized carbons (Fsp3) is 0.750. The molecule has 3 nitrogen and oxygen atoms in total. The number of aromatic nitrogens is 3. The van der Waals surface area contributed by atoms with Crippen LogP contribution in [0.4, 0.5) is 0 Å². The van der Waals surface area contributed by atoms with Crippen molar-refractivity contribution >= 4 is 0 Å². The Hall–Kier alpha value is -0.860. The second kappa shape index (κ2) is 3.51. The minimum absolute atomic E-state index is 0.428. The zero-order valence-corrected chi connectivity index (χ0v) is 7.39. The van der Waals surface area contributed by atoms with Crippen LogP contribution in [0.15, 0.2) is 0 Å². The summed E-state index contributed by atoms with van der Waals surface area (Å²) in [5.41, 5.74) is 0. The second-order valence-electron chi connectivity index (χ2n) is 3.05. The number of hydrogen-bond donors (Lipinski definition) is 1. The number of aromatic amines is 1. The molecule has 0 aliphatic heterocycles. The monoisotopic (exact) mass is 153 g/mol. The summed E-state index contributed by atoms with van der Waals surface area (Å²) in [6, 6.07) is 0. The summed E-state index contributed by atoms with van der Waals surface area (Å²) >= 11 is 0. The molecule has 0 spiro atoms. The average Bonchev–Trinajstić information content (AvgIpc) is 2.37. The topological polar surface area (TPSA) is 41.6 Å². The smallest absolute Gasteiger partial charge is 0.153 e. The highest BCUT2D eigenvalue weighted by Crippen LogP contribution is 2.07. The largest absolute Gasteiger partial charge is 0.263 e. The molecule has 0 amide bonds. The molecule has 0 aliphatic carbocycles. The molecular weight excluding hydrogens is 138 g/mol. The number of nitrogens with zero attached hydrogens (tertiary/aromatic N) is 2. The van der Waals surface area contributed by atoms with Crippen molar-refractivity contribution in [3.05, 3.63) is 11.6 Å². The maximum absolute atomic E-state index is 4.33. The average molecular weight is 153 g/mol. The maximum atomic E-state index is 4.33. The second-order valence-corrected chi connectivity index (χ2v) is 3.05.